The van der Waals surface area contributed by atoms with Gasteiger partial charge in [-0.1, -0.05) is 18.2 Å². The summed E-state index contributed by atoms with van der Waals surface area (Å²) in [5, 5.41) is 3.24. The smallest absolute Gasteiger partial charge is 0.222 e. The number of halogens is 2. The summed E-state index contributed by atoms with van der Waals surface area (Å²) in [6.45, 7) is 5.37. The Bertz CT molecular complexity index is 993. The van der Waals surface area contributed by atoms with Gasteiger partial charge < -0.3 is 16.5 Å². The molecule has 29 heavy (non-hydrogen) atoms. The highest BCUT2D eigenvalue weighted by atomic mass is 19.2. The van der Waals surface area contributed by atoms with E-state index in [1.807, 2.05) is 18.2 Å². The minimum atomic E-state index is -0.889. The molecule has 5 N–H and O–H groups in total. The number of hydrogen-bond acceptors (Lipinski definition) is 6. The zero-order chi connectivity index (χ0) is 20.8. The predicted molar refractivity (Wildman–Crippen MR) is 112 cm³/mol. The monoisotopic (exact) mass is 398 g/mol. The SMILES string of the molecule is Cc1cccc(-c2cc(NCCCNNc3ccc(F)c(F)c3)nc(N)n2)c1C. The van der Waals surface area contributed by atoms with Gasteiger partial charge >= 0.3 is 0 Å². The van der Waals surface area contributed by atoms with Crippen LogP contribution in [0.15, 0.2) is 42.5 Å². The Hall–Kier alpha value is -3.26. The molecule has 3 rings (SSSR count). The molecule has 1 heterocycles. The quantitative estimate of drug-likeness (QED) is 0.338. The van der Waals surface area contributed by atoms with Crippen LogP contribution in [0.5, 0.6) is 0 Å². The van der Waals surface area contributed by atoms with E-state index in [0.29, 0.717) is 24.6 Å². The average molecular weight is 398 g/mol. The second kappa shape index (κ2) is 9.29. The summed E-state index contributed by atoms with van der Waals surface area (Å²) < 4.78 is 26.1. The first-order valence-electron chi connectivity index (χ1n) is 9.33. The summed E-state index contributed by atoms with van der Waals surface area (Å²) in [5.74, 6) is -0.894. The molecular formula is C21H24F2N6. The van der Waals surface area contributed by atoms with Crippen LogP contribution in [-0.2, 0) is 0 Å². The van der Waals surface area contributed by atoms with Crippen molar-refractivity contribution in [1.82, 2.24) is 15.4 Å². The van der Waals surface area contributed by atoms with Gasteiger partial charge in [-0.3, -0.25) is 0 Å². The number of aryl methyl sites for hydroxylation is 1. The predicted octanol–water partition coefficient (Wildman–Crippen LogP) is 4.04. The maximum Gasteiger partial charge on any atom is 0.222 e. The Morgan fingerprint density at radius 2 is 1.79 bits per heavy atom. The lowest BCUT2D eigenvalue weighted by Gasteiger charge is -2.12. The Morgan fingerprint density at radius 3 is 2.59 bits per heavy atom. The second-order valence-electron chi connectivity index (χ2n) is 6.71. The number of benzene rings is 2. The van der Waals surface area contributed by atoms with Crippen LogP contribution in [0.4, 0.5) is 26.2 Å². The molecule has 3 aromatic rings. The molecule has 6 nitrogen and oxygen atoms in total. The van der Waals surface area contributed by atoms with Crippen molar-refractivity contribution >= 4 is 17.5 Å². The van der Waals surface area contributed by atoms with E-state index in [-0.39, 0.29) is 5.95 Å². The fourth-order valence-corrected chi connectivity index (χ4v) is 2.85. The minimum absolute atomic E-state index is 0.212. The minimum Gasteiger partial charge on any atom is -0.370 e. The van der Waals surface area contributed by atoms with Gasteiger partial charge in [0, 0.05) is 30.8 Å². The first kappa shape index (κ1) is 20.5. The summed E-state index contributed by atoms with van der Waals surface area (Å²) in [6, 6.07) is 11.6. The summed E-state index contributed by atoms with van der Waals surface area (Å²) in [7, 11) is 0. The highest BCUT2D eigenvalue weighted by molar-refractivity contribution is 5.68. The molecule has 8 heteroatoms. The van der Waals surface area contributed by atoms with E-state index in [1.54, 1.807) is 0 Å². The van der Waals surface area contributed by atoms with Gasteiger partial charge in [-0.2, -0.15) is 4.98 Å². The molecule has 0 fully saturated rings. The van der Waals surface area contributed by atoms with Crippen LogP contribution in [0.2, 0.25) is 0 Å². The van der Waals surface area contributed by atoms with Gasteiger partial charge in [0.1, 0.15) is 5.82 Å². The number of aromatic nitrogens is 2. The summed E-state index contributed by atoms with van der Waals surface area (Å²) in [4.78, 5) is 8.59. The van der Waals surface area contributed by atoms with Gasteiger partial charge in [-0.25, -0.2) is 19.2 Å². The number of rotatable bonds is 8. The number of nitrogens with two attached hydrogens (primary N) is 1. The van der Waals surface area contributed by atoms with Gasteiger partial charge in [0.15, 0.2) is 11.6 Å². The van der Waals surface area contributed by atoms with E-state index in [0.717, 1.165) is 35.4 Å². The van der Waals surface area contributed by atoms with Gasteiger partial charge in [-0.05, 0) is 43.5 Å². The van der Waals surface area contributed by atoms with Crippen LogP contribution in [0, 0.1) is 25.5 Å². The molecule has 0 unspecified atom stereocenters. The van der Waals surface area contributed by atoms with Crippen molar-refractivity contribution in [2.24, 2.45) is 0 Å². The molecule has 0 saturated heterocycles. The molecule has 0 atom stereocenters. The Labute approximate surface area is 168 Å². The topological polar surface area (TPSA) is 87.9 Å². The molecule has 1 aromatic heterocycles. The summed E-state index contributed by atoms with van der Waals surface area (Å²) in [6.07, 6.45) is 0.763. The van der Waals surface area contributed by atoms with Gasteiger partial charge in [0.2, 0.25) is 5.95 Å². The third-order valence-corrected chi connectivity index (χ3v) is 4.56. The lowest BCUT2D eigenvalue weighted by atomic mass is 10.0. The molecule has 0 bridgehead atoms. The number of hydrazine groups is 1. The first-order chi connectivity index (χ1) is 13.9. The van der Waals surface area contributed by atoms with Crippen molar-refractivity contribution in [2.45, 2.75) is 20.3 Å². The number of anilines is 3. The van der Waals surface area contributed by atoms with Crippen molar-refractivity contribution < 1.29 is 8.78 Å². The fourth-order valence-electron chi connectivity index (χ4n) is 2.85. The normalized spacial score (nSPS) is 10.8. The molecule has 0 aliphatic rings. The van der Waals surface area contributed by atoms with Gasteiger partial charge in [-0.15, -0.1) is 0 Å². The third-order valence-electron chi connectivity index (χ3n) is 4.56. The molecule has 0 amide bonds. The maximum atomic E-state index is 13.2. The maximum absolute atomic E-state index is 13.2. The van der Waals surface area contributed by atoms with E-state index in [2.05, 4.69) is 46.1 Å². The zero-order valence-electron chi connectivity index (χ0n) is 16.4. The van der Waals surface area contributed by atoms with E-state index in [4.69, 9.17) is 5.73 Å². The molecular weight excluding hydrogens is 374 g/mol. The van der Waals surface area contributed by atoms with Gasteiger partial charge in [0.05, 0.1) is 11.4 Å². The molecule has 0 radical (unpaired) electrons. The molecule has 0 aliphatic heterocycles. The standard InChI is InChI=1S/C21H24F2N6/c1-13-5-3-6-16(14(13)2)19-12-20(28-21(24)27-19)25-9-4-10-26-29-15-7-8-17(22)18(23)11-15/h3,5-8,11-12,26,29H,4,9-10H2,1-2H3,(H3,24,25,27,28). The zero-order valence-corrected chi connectivity index (χ0v) is 16.4. The second-order valence-corrected chi connectivity index (χ2v) is 6.71. The number of nitrogen functional groups attached to an aromatic ring is 1. The molecule has 0 saturated carbocycles. The lowest BCUT2D eigenvalue weighted by Crippen LogP contribution is -2.24. The van der Waals surface area contributed by atoms with E-state index >= 15 is 0 Å². The van der Waals surface area contributed by atoms with Crippen LogP contribution in [0.3, 0.4) is 0 Å². The van der Waals surface area contributed by atoms with Crippen molar-refractivity contribution in [3.05, 3.63) is 65.2 Å². The van der Waals surface area contributed by atoms with Crippen LogP contribution < -0.4 is 21.9 Å². The third kappa shape index (κ3) is 5.39. The highest BCUT2D eigenvalue weighted by Gasteiger charge is 2.08. The molecule has 0 spiro atoms. The number of nitrogens with one attached hydrogen (secondary N) is 3. The van der Waals surface area contributed by atoms with E-state index < -0.39 is 11.6 Å². The molecule has 2 aromatic carbocycles. The van der Waals surface area contributed by atoms with Gasteiger partial charge in [0.25, 0.3) is 0 Å². The molecule has 152 valence electrons. The van der Waals surface area contributed by atoms with Crippen LogP contribution in [0.1, 0.15) is 17.5 Å². The Morgan fingerprint density at radius 1 is 0.966 bits per heavy atom. The first-order valence-corrected chi connectivity index (χ1v) is 9.33. The highest BCUT2D eigenvalue weighted by Crippen LogP contribution is 2.26. The van der Waals surface area contributed by atoms with E-state index in [9.17, 15) is 8.78 Å². The Kier molecular flexibility index (Phi) is 6.56. The number of hydrogen-bond donors (Lipinski definition) is 4. The molecule has 0 aliphatic carbocycles. The fraction of sp³-hybridized carbons (Fsp3) is 0.238. The van der Waals surface area contributed by atoms with Crippen molar-refractivity contribution in [3.8, 4) is 11.3 Å². The Balaban J connectivity index is 1.51. The summed E-state index contributed by atoms with van der Waals surface area (Å²) in [5.41, 5.74) is 16.3. The van der Waals surface area contributed by atoms with Crippen LogP contribution in [-0.4, -0.2) is 23.1 Å². The largest absolute Gasteiger partial charge is 0.370 e. The van der Waals surface area contributed by atoms with Crippen molar-refractivity contribution in [2.75, 3.05) is 29.6 Å². The summed E-state index contributed by atoms with van der Waals surface area (Å²) >= 11 is 0. The van der Waals surface area contributed by atoms with E-state index in [1.165, 1.54) is 11.6 Å². The van der Waals surface area contributed by atoms with Crippen molar-refractivity contribution in [3.63, 3.8) is 0 Å². The van der Waals surface area contributed by atoms with Crippen molar-refractivity contribution in [1.29, 1.82) is 0 Å². The average Bonchev–Trinajstić information content (AvgIpc) is 2.69. The number of nitrogens with zero attached hydrogens (tertiary/aromatic N) is 2. The van der Waals surface area contributed by atoms with Crippen LogP contribution >= 0.6 is 0 Å². The lowest BCUT2D eigenvalue weighted by molar-refractivity contribution is 0.509. The van der Waals surface area contributed by atoms with Crippen LogP contribution in [0.25, 0.3) is 11.3 Å².